The molecule has 13 nitrogen and oxygen atoms in total. The van der Waals surface area contributed by atoms with Crippen molar-refractivity contribution in [2.75, 3.05) is 0 Å². The second-order valence-corrected chi connectivity index (χ2v) is 0.447. The van der Waals surface area contributed by atoms with Crippen LogP contribution >= 0.6 is 0 Å². The average molecular weight is 532 g/mol. The molecular formula is H10N2O11Tb2+4. The first-order valence-corrected chi connectivity index (χ1v) is 1.10. The molecule has 0 unspecified atom stereocenters. The number of hydrogen-bond donors (Lipinski definition) is 0. The summed E-state index contributed by atoms with van der Waals surface area (Å²) in [5.74, 6) is 0. The van der Waals surface area contributed by atoms with Crippen LogP contribution in [0.3, 0.4) is 0 Å². The van der Waals surface area contributed by atoms with Gasteiger partial charge in [-0.2, -0.15) is 0 Å². The second-order valence-electron chi connectivity index (χ2n) is 0.447. The van der Waals surface area contributed by atoms with Crippen LogP contribution in [-0.2, 0) is 0 Å². The first-order valence-electron chi connectivity index (χ1n) is 1.10. The van der Waals surface area contributed by atoms with Crippen molar-refractivity contribution >= 4 is 0 Å². The molecule has 0 fully saturated rings. The molecule has 0 rings (SSSR count). The molecule has 15 heavy (non-hydrogen) atoms. The molecular weight excluding hydrogens is 522 g/mol. The Labute approximate surface area is 143 Å². The Bertz CT molecular complexity index is 74.6. The molecule has 0 aromatic heterocycles. The van der Waals surface area contributed by atoms with Crippen LogP contribution in [0.5, 0.6) is 0 Å². The Morgan fingerprint density at radius 3 is 0.533 bits per heavy atom. The van der Waals surface area contributed by atoms with Crippen LogP contribution in [0.25, 0.3) is 0 Å². The van der Waals surface area contributed by atoms with E-state index in [1.165, 1.54) is 0 Å². The predicted molar refractivity (Wildman–Crippen MR) is 38.8 cm³/mol. The Balaban J connectivity index is -0.00000000468. The Hall–Kier alpha value is 0.771. The zero-order chi connectivity index (χ0) is 7.15. The zero-order valence-corrected chi connectivity index (χ0v) is 10.8. The van der Waals surface area contributed by atoms with Crippen LogP contribution in [0.15, 0.2) is 0 Å². The van der Waals surface area contributed by atoms with Gasteiger partial charge in [0.1, 0.15) is 0 Å². The molecule has 0 aliphatic carbocycles. The van der Waals surface area contributed by atoms with E-state index in [2.05, 4.69) is 0 Å². The van der Waals surface area contributed by atoms with Gasteiger partial charge in [-0.3, -0.25) is 0 Å². The van der Waals surface area contributed by atoms with Gasteiger partial charge in [0, 0.05) is 0 Å². The van der Waals surface area contributed by atoms with E-state index in [4.69, 9.17) is 30.6 Å². The summed E-state index contributed by atoms with van der Waals surface area (Å²) >= 11 is 0. The van der Waals surface area contributed by atoms with Gasteiger partial charge in [-0.25, -0.2) is 0 Å². The molecule has 0 bridgehead atoms. The minimum Gasteiger partial charge on any atom is -0.412 e. The van der Waals surface area contributed by atoms with Crippen LogP contribution in [0.4, 0.5) is 0 Å². The van der Waals surface area contributed by atoms with Gasteiger partial charge in [0.15, 0.2) is 0 Å². The molecule has 0 radical (unpaired) electrons. The van der Waals surface area contributed by atoms with Crippen molar-refractivity contribution in [2.45, 2.75) is 0 Å². The van der Waals surface area contributed by atoms with Crippen molar-refractivity contribution in [3.8, 4) is 0 Å². The summed E-state index contributed by atoms with van der Waals surface area (Å²) in [6, 6.07) is 0. The molecule has 0 atom stereocenters. The summed E-state index contributed by atoms with van der Waals surface area (Å²) in [6.07, 6.45) is 0. The molecule has 10 N–H and O–H groups in total. The molecule has 100 valence electrons. The molecule has 15 heteroatoms. The Kier molecular flexibility index (Phi) is 306. The zero-order valence-electron chi connectivity index (χ0n) is 6.51. The topological polar surface area (TPSA) is 290 Å². The third-order valence-corrected chi connectivity index (χ3v) is 0. The number of hydrogen-bond acceptors (Lipinski definition) is 6. The van der Waals surface area contributed by atoms with Crippen LogP contribution in [-0.4, -0.2) is 37.6 Å². The van der Waals surface area contributed by atoms with Crippen LogP contribution in [0.2, 0.25) is 0 Å². The summed E-state index contributed by atoms with van der Waals surface area (Å²) in [5, 5.41) is 29.5. The van der Waals surface area contributed by atoms with E-state index in [-0.39, 0.29) is 105 Å². The summed E-state index contributed by atoms with van der Waals surface area (Å²) in [4.78, 5) is 16.5. The first-order chi connectivity index (χ1) is 3.46. The maximum absolute atomic E-state index is 8.25. The van der Waals surface area contributed by atoms with Gasteiger partial charge < -0.3 is 58.0 Å². The van der Waals surface area contributed by atoms with E-state index >= 15 is 0 Å². The van der Waals surface area contributed by atoms with Crippen LogP contribution in [0.1, 0.15) is 0 Å². The fourth-order valence-corrected chi connectivity index (χ4v) is 0. The molecule has 0 saturated heterocycles. The number of rotatable bonds is 0. The SMILES string of the molecule is O.O.O.O.O.O=[N+]([O-])[O-].O=[N+]([O-])[O-].[Tb+3].[Tb+3]. The van der Waals surface area contributed by atoms with Crippen molar-refractivity contribution in [3.05, 3.63) is 30.6 Å². The van der Waals surface area contributed by atoms with Gasteiger partial charge in [-0.1, -0.05) is 0 Å². The average Bonchev–Trinajstić information content (AvgIpc) is 1.25. The van der Waals surface area contributed by atoms with Crippen molar-refractivity contribution in [3.63, 3.8) is 0 Å². The predicted octanol–water partition coefficient (Wildman–Crippen LogP) is -4.60. The molecule has 0 heterocycles. The van der Waals surface area contributed by atoms with Gasteiger partial charge in [-0.15, -0.1) is 0 Å². The van der Waals surface area contributed by atoms with Gasteiger partial charge in [0.2, 0.25) is 0 Å². The van der Waals surface area contributed by atoms with Gasteiger partial charge in [-0.05, 0) is 0 Å². The van der Waals surface area contributed by atoms with Crippen LogP contribution < -0.4 is 0 Å². The Morgan fingerprint density at radius 2 is 0.533 bits per heavy atom. The standard InChI is InChI=1S/2NO3.5H2O.2Tb/c2*2-1(3)4;;;;;;;/h;;5*1H2;;/q2*-1;;;;;;2*+3. The minimum atomic E-state index is -1.75. The second kappa shape index (κ2) is 61.1. The minimum absolute atomic E-state index is 0. The van der Waals surface area contributed by atoms with E-state index in [0.29, 0.717) is 0 Å². The molecule has 0 amide bonds. The van der Waals surface area contributed by atoms with Gasteiger partial charge >= 0.3 is 77.2 Å². The smallest absolute Gasteiger partial charge is 0.412 e. The molecule has 0 spiro atoms. The third kappa shape index (κ3) is 4050. The molecule has 0 saturated carbocycles. The largest absolute Gasteiger partial charge is 3.00 e. The van der Waals surface area contributed by atoms with Crippen molar-refractivity contribution in [2.24, 2.45) is 0 Å². The van der Waals surface area contributed by atoms with Gasteiger partial charge in [0.25, 0.3) is 0 Å². The Morgan fingerprint density at radius 1 is 0.533 bits per heavy atom. The van der Waals surface area contributed by atoms with E-state index in [9.17, 15) is 0 Å². The monoisotopic (exact) mass is 532 g/mol. The fraction of sp³-hybridized carbons (Fsp3) is 0. The maximum atomic E-state index is 8.25. The molecule has 0 aliphatic heterocycles. The molecule has 0 aromatic carbocycles. The van der Waals surface area contributed by atoms with Gasteiger partial charge in [0.05, 0.1) is 10.2 Å². The van der Waals surface area contributed by atoms with Crippen molar-refractivity contribution in [1.29, 1.82) is 0 Å². The van der Waals surface area contributed by atoms with E-state index < -0.39 is 10.2 Å². The van der Waals surface area contributed by atoms with Crippen molar-refractivity contribution in [1.82, 2.24) is 0 Å². The van der Waals surface area contributed by atoms with E-state index in [1.54, 1.807) is 0 Å². The third-order valence-electron chi connectivity index (χ3n) is 0. The van der Waals surface area contributed by atoms with E-state index in [0.717, 1.165) is 0 Å². The summed E-state index contributed by atoms with van der Waals surface area (Å²) in [5.41, 5.74) is 0. The quantitative estimate of drug-likeness (QED) is 0.218. The summed E-state index contributed by atoms with van der Waals surface area (Å²) in [7, 11) is 0. The number of nitrogens with zero attached hydrogens (tertiary/aromatic N) is 2. The van der Waals surface area contributed by atoms with Crippen LogP contribution in [0, 0.1) is 108 Å². The van der Waals surface area contributed by atoms with E-state index in [1.807, 2.05) is 0 Å². The fourth-order valence-electron chi connectivity index (χ4n) is 0. The first kappa shape index (κ1) is 75.1. The maximum Gasteiger partial charge on any atom is 3.00 e. The van der Waals surface area contributed by atoms with Crippen molar-refractivity contribution < 1.29 is 115 Å². The molecule has 0 aromatic rings. The molecule has 0 aliphatic rings. The summed E-state index contributed by atoms with van der Waals surface area (Å²) < 4.78 is 0. The summed E-state index contributed by atoms with van der Waals surface area (Å²) in [6.45, 7) is 0. The normalized spacial score (nSPS) is 3.20.